The van der Waals surface area contributed by atoms with Gasteiger partial charge < -0.3 is 10.6 Å². The maximum atomic E-state index is 12.0. The number of fused-ring (bicyclic) bond motifs is 2. The molecule has 3 heterocycles. The van der Waals surface area contributed by atoms with Gasteiger partial charge in [-0.2, -0.15) is 0 Å². The molecule has 120 valence electrons. The van der Waals surface area contributed by atoms with Crippen LogP contribution >= 0.6 is 23.1 Å². The molecule has 0 spiro atoms. The molecule has 0 radical (unpaired) electrons. The van der Waals surface area contributed by atoms with E-state index in [0.29, 0.717) is 17.7 Å². The van der Waals surface area contributed by atoms with Gasteiger partial charge in [0.25, 0.3) is 0 Å². The molecular weight excluding hydrogens is 324 g/mol. The van der Waals surface area contributed by atoms with Crippen molar-refractivity contribution in [1.29, 1.82) is 0 Å². The highest BCUT2D eigenvalue weighted by atomic mass is 32.2. The number of benzene rings is 1. The van der Waals surface area contributed by atoms with Crippen LogP contribution in [0.4, 0.5) is 5.69 Å². The molecule has 1 amide bonds. The standard InChI is InChI=1S/C18H20N2OS2/c1-11-8-16(14-6-7-22-18(14)23-11)19-10-12-9-17(21)20-15-5-3-2-4-13(12)15/h2-7,11-12,16,19H,8-10H2,1H3,(H,20,21)/t11-,12+,16-/m0/s1. The number of hydrogen-bond acceptors (Lipinski definition) is 4. The van der Waals surface area contributed by atoms with Gasteiger partial charge in [0.15, 0.2) is 0 Å². The van der Waals surface area contributed by atoms with E-state index < -0.39 is 0 Å². The summed E-state index contributed by atoms with van der Waals surface area (Å²) in [5.41, 5.74) is 3.66. The number of amides is 1. The number of carbonyl (C=O) groups excluding carboxylic acids is 1. The van der Waals surface area contributed by atoms with Crippen LogP contribution in [0.5, 0.6) is 0 Å². The van der Waals surface area contributed by atoms with Crippen molar-refractivity contribution in [2.45, 2.75) is 41.2 Å². The number of thiophene rings is 1. The number of thioether (sulfide) groups is 1. The van der Waals surface area contributed by atoms with Crippen molar-refractivity contribution in [3.63, 3.8) is 0 Å². The highest BCUT2D eigenvalue weighted by Crippen LogP contribution is 2.44. The Morgan fingerprint density at radius 3 is 3.04 bits per heavy atom. The number of hydrogen-bond donors (Lipinski definition) is 2. The maximum absolute atomic E-state index is 12.0. The monoisotopic (exact) mass is 344 g/mol. The molecule has 0 unspecified atom stereocenters. The Labute approximate surface area is 144 Å². The molecule has 1 aromatic heterocycles. The predicted octanol–water partition coefficient (Wildman–Crippen LogP) is 4.39. The zero-order valence-electron chi connectivity index (χ0n) is 13.0. The quantitative estimate of drug-likeness (QED) is 0.868. The Morgan fingerprint density at radius 2 is 2.13 bits per heavy atom. The molecule has 0 aliphatic carbocycles. The molecule has 2 aromatic rings. The summed E-state index contributed by atoms with van der Waals surface area (Å²) in [7, 11) is 0. The first-order valence-corrected chi connectivity index (χ1v) is 9.83. The van der Waals surface area contributed by atoms with Gasteiger partial charge in [0.2, 0.25) is 5.91 Å². The first-order chi connectivity index (χ1) is 11.2. The van der Waals surface area contributed by atoms with E-state index >= 15 is 0 Å². The van der Waals surface area contributed by atoms with Crippen LogP contribution in [0.2, 0.25) is 0 Å². The fraction of sp³-hybridized carbons (Fsp3) is 0.389. The first-order valence-electron chi connectivity index (χ1n) is 8.07. The third kappa shape index (κ3) is 3.05. The van der Waals surface area contributed by atoms with E-state index in [4.69, 9.17) is 0 Å². The summed E-state index contributed by atoms with van der Waals surface area (Å²) in [5, 5.41) is 9.54. The molecule has 0 fully saturated rings. The Hall–Kier alpha value is -1.30. The summed E-state index contributed by atoms with van der Waals surface area (Å²) >= 11 is 3.83. The Balaban J connectivity index is 1.51. The highest BCUT2D eigenvalue weighted by Gasteiger charge is 2.29. The average Bonchev–Trinajstić information content (AvgIpc) is 3.00. The van der Waals surface area contributed by atoms with Crippen molar-refractivity contribution >= 4 is 34.7 Å². The van der Waals surface area contributed by atoms with Gasteiger partial charge in [-0.1, -0.05) is 25.1 Å². The molecule has 2 aliphatic rings. The molecule has 3 nitrogen and oxygen atoms in total. The van der Waals surface area contributed by atoms with Crippen LogP contribution in [0.1, 0.15) is 42.9 Å². The molecule has 0 saturated heterocycles. The van der Waals surface area contributed by atoms with Crippen molar-refractivity contribution in [2.75, 3.05) is 11.9 Å². The van der Waals surface area contributed by atoms with Crippen LogP contribution in [0.25, 0.3) is 0 Å². The maximum Gasteiger partial charge on any atom is 0.225 e. The molecule has 2 aliphatic heterocycles. The molecule has 1 aromatic carbocycles. The number of anilines is 1. The third-order valence-electron chi connectivity index (χ3n) is 4.63. The van der Waals surface area contributed by atoms with Crippen LogP contribution in [-0.2, 0) is 4.79 Å². The molecule has 2 N–H and O–H groups in total. The van der Waals surface area contributed by atoms with Gasteiger partial charge in [0.05, 0.1) is 4.21 Å². The fourth-order valence-electron chi connectivity index (χ4n) is 3.51. The fourth-order valence-corrected chi connectivity index (χ4v) is 6.08. The lowest BCUT2D eigenvalue weighted by atomic mass is 9.90. The summed E-state index contributed by atoms with van der Waals surface area (Å²) in [6.07, 6.45) is 1.71. The second-order valence-corrected chi connectivity index (χ2v) is 8.95. The number of rotatable bonds is 3. The minimum atomic E-state index is 0.124. The smallest absolute Gasteiger partial charge is 0.225 e. The molecule has 0 bridgehead atoms. The van der Waals surface area contributed by atoms with Crippen molar-refractivity contribution in [3.05, 3.63) is 46.8 Å². The topological polar surface area (TPSA) is 41.1 Å². The largest absolute Gasteiger partial charge is 0.326 e. The van der Waals surface area contributed by atoms with E-state index in [1.54, 1.807) is 0 Å². The number of nitrogens with one attached hydrogen (secondary N) is 2. The SMILES string of the molecule is C[C@H]1C[C@H](NC[C@H]2CC(=O)Nc3ccccc32)c2ccsc2S1. The van der Waals surface area contributed by atoms with Crippen LogP contribution in [0, 0.1) is 0 Å². The summed E-state index contributed by atoms with van der Waals surface area (Å²) in [5.74, 6) is 0.381. The van der Waals surface area contributed by atoms with Crippen molar-refractivity contribution in [3.8, 4) is 0 Å². The van der Waals surface area contributed by atoms with Crippen LogP contribution < -0.4 is 10.6 Å². The Bertz CT molecular complexity index is 727. The lowest BCUT2D eigenvalue weighted by Gasteiger charge is -2.31. The van der Waals surface area contributed by atoms with E-state index in [1.807, 2.05) is 35.2 Å². The van der Waals surface area contributed by atoms with Gasteiger partial charge in [-0.25, -0.2) is 0 Å². The predicted molar refractivity (Wildman–Crippen MR) is 97.4 cm³/mol. The average molecular weight is 345 g/mol. The van der Waals surface area contributed by atoms with E-state index in [2.05, 4.69) is 41.1 Å². The van der Waals surface area contributed by atoms with Crippen LogP contribution in [-0.4, -0.2) is 17.7 Å². The summed E-state index contributed by atoms with van der Waals surface area (Å²) < 4.78 is 1.45. The van der Waals surface area contributed by atoms with Crippen molar-refractivity contribution < 1.29 is 4.79 Å². The van der Waals surface area contributed by atoms with E-state index in [0.717, 1.165) is 18.7 Å². The van der Waals surface area contributed by atoms with E-state index in [9.17, 15) is 4.79 Å². The summed E-state index contributed by atoms with van der Waals surface area (Å²) in [6.45, 7) is 3.15. The third-order valence-corrected chi connectivity index (χ3v) is 6.97. The van der Waals surface area contributed by atoms with Crippen molar-refractivity contribution in [2.24, 2.45) is 0 Å². The summed E-state index contributed by atoms with van der Waals surface area (Å²) in [4.78, 5) is 12.0. The first kappa shape index (κ1) is 15.2. The van der Waals surface area contributed by atoms with E-state index in [1.165, 1.54) is 15.3 Å². The number of para-hydroxylation sites is 1. The van der Waals surface area contributed by atoms with Crippen LogP contribution in [0.15, 0.2) is 39.9 Å². The van der Waals surface area contributed by atoms with Gasteiger partial charge in [-0.05, 0) is 35.1 Å². The second kappa shape index (κ2) is 6.30. The zero-order chi connectivity index (χ0) is 15.8. The highest BCUT2D eigenvalue weighted by molar-refractivity contribution is 8.01. The minimum Gasteiger partial charge on any atom is -0.326 e. The Morgan fingerprint density at radius 1 is 1.26 bits per heavy atom. The molecule has 0 saturated carbocycles. The summed E-state index contributed by atoms with van der Waals surface area (Å²) in [6, 6.07) is 10.8. The van der Waals surface area contributed by atoms with Gasteiger partial charge in [0, 0.05) is 35.9 Å². The van der Waals surface area contributed by atoms with Gasteiger partial charge in [-0.3, -0.25) is 4.79 Å². The molecular formula is C18H20N2OS2. The van der Waals surface area contributed by atoms with E-state index in [-0.39, 0.29) is 11.8 Å². The number of carbonyl (C=O) groups is 1. The second-order valence-electron chi connectivity index (χ2n) is 6.32. The lowest BCUT2D eigenvalue weighted by molar-refractivity contribution is -0.116. The molecule has 5 heteroatoms. The van der Waals surface area contributed by atoms with Crippen LogP contribution in [0.3, 0.4) is 0 Å². The Kier molecular flexibility index (Phi) is 4.18. The van der Waals surface area contributed by atoms with Crippen molar-refractivity contribution in [1.82, 2.24) is 5.32 Å². The normalized spacial score (nSPS) is 26.3. The van der Waals surface area contributed by atoms with Gasteiger partial charge in [0.1, 0.15) is 0 Å². The molecule has 4 rings (SSSR count). The molecule has 3 atom stereocenters. The lowest BCUT2D eigenvalue weighted by Crippen LogP contribution is -2.33. The van der Waals surface area contributed by atoms with Gasteiger partial charge in [-0.15, -0.1) is 23.1 Å². The van der Waals surface area contributed by atoms with Gasteiger partial charge >= 0.3 is 0 Å². The zero-order valence-corrected chi connectivity index (χ0v) is 14.7. The molecule has 23 heavy (non-hydrogen) atoms. The minimum absolute atomic E-state index is 0.124.